The number of hydrogen-bond acceptors (Lipinski definition) is 1. The fourth-order valence-corrected chi connectivity index (χ4v) is 2.51. The van der Waals surface area contributed by atoms with Crippen molar-refractivity contribution < 1.29 is 4.79 Å². The van der Waals surface area contributed by atoms with Gasteiger partial charge in [-0.05, 0) is 33.5 Å². The van der Waals surface area contributed by atoms with Gasteiger partial charge in [0.05, 0.1) is 0 Å². The van der Waals surface area contributed by atoms with Gasteiger partial charge in [-0.2, -0.15) is 0 Å². The molecule has 4 heteroatoms. The van der Waals surface area contributed by atoms with Crippen molar-refractivity contribution in [3.8, 4) is 0 Å². The summed E-state index contributed by atoms with van der Waals surface area (Å²) in [5, 5.41) is 2.97. The Morgan fingerprint density at radius 2 is 2.05 bits per heavy atom. The van der Waals surface area contributed by atoms with Crippen LogP contribution in [0.2, 0.25) is 0 Å². The summed E-state index contributed by atoms with van der Waals surface area (Å²) in [5.74, 6) is 0.254. The molecule has 0 radical (unpaired) electrons. The zero-order valence-corrected chi connectivity index (χ0v) is 12.6. The first-order valence-electron chi connectivity index (χ1n) is 6.23. The number of nitrogens with zero attached hydrogens (tertiary/aromatic N) is 1. The van der Waals surface area contributed by atoms with Crippen LogP contribution in [0.3, 0.4) is 0 Å². The number of carbonyl (C=O) groups is 1. The summed E-state index contributed by atoms with van der Waals surface area (Å²) >= 11 is 3.37. The molecule has 0 saturated heterocycles. The predicted molar refractivity (Wildman–Crippen MR) is 80.3 cm³/mol. The minimum atomic E-state index is -0.0454. The number of aryl methyl sites for hydroxylation is 1. The van der Waals surface area contributed by atoms with Gasteiger partial charge in [-0.3, -0.25) is 4.79 Å². The van der Waals surface area contributed by atoms with E-state index < -0.39 is 0 Å². The Hall–Kier alpha value is -1.55. The highest BCUT2D eigenvalue weighted by atomic mass is 79.9. The number of carbonyl (C=O) groups excluding carboxylic acids is 1. The molecule has 1 unspecified atom stereocenters. The summed E-state index contributed by atoms with van der Waals surface area (Å²) in [5.41, 5.74) is 1.89. The molecule has 0 bridgehead atoms. The molecule has 1 heterocycles. The number of benzene rings is 1. The second kappa shape index (κ2) is 6.06. The number of halogens is 1. The molecule has 1 aromatic carbocycles. The number of rotatable bonds is 4. The van der Waals surface area contributed by atoms with Gasteiger partial charge in [0.2, 0.25) is 0 Å². The van der Waals surface area contributed by atoms with Crippen LogP contribution in [-0.2, 0) is 7.05 Å². The Morgan fingerprint density at radius 3 is 2.63 bits per heavy atom. The average molecular weight is 321 g/mol. The summed E-state index contributed by atoms with van der Waals surface area (Å²) < 4.78 is 2.73. The molecule has 100 valence electrons. The molecule has 1 amide bonds. The fraction of sp³-hybridized carbons (Fsp3) is 0.267. The second-order valence-corrected chi connectivity index (χ2v) is 5.59. The molecule has 0 aliphatic heterocycles. The molecular weight excluding hydrogens is 304 g/mol. The number of nitrogens with one attached hydrogen (secondary N) is 1. The van der Waals surface area contributed by atoms with Gasteiger partial charge in [-0.1, -0.05) is 37.3 Å². The maximum absolute atomic E-state index is 12.1. The molecule has 0 spiro atoms. The van der Waals surface area contributed by atoms with Crippen LogP contribution in [0, 0.1) is 0 Å². The Labute approximate surface area is 121 Å². The van der Waals surface area contributed by atoms with Gasteiger partial charge in [-0.15, -0.1) is 0 Å². The van der Waals surface area contributed by atoms with Crippen LogP contribution in [0.25, 0.3) is 0 Å². The van der Waals surface area contributed by atoms with Crippen molar-refractivity contribution in [1.29, 1.82) is 0 Å². The van der Waals surface area contributed by atoms with E-state index in [0.717, 1.165) is 4.47 Å². The van der Waals surface area contributed by atoms with Crippen molar-refractivity contribution in [3.05, 3.63) is 58.3 Å². The first kappa shape index (κ1) is 13.9. The third kappa shape index (κ3) is 3.47. The average Bonchev–Trinajstić information content (AvgIpc) is 2.75. The van der Waals surface area contributed by atoms with E-state index in [1.807, 2.05) is 42.1 Å². The Morgan fingerprint density at radius 1 is 1.37 bits per heavy atom. The lowest BCUT2D eigenvalue weighted by Gasteiger charge is -2.13. The van der Waals surface area contributed by atoms with Crippen LogP contribution in [0.4, 0.5) is 0 Å². The molecule has 1 atom stereocenters. The van der Waals surface area contributed by atoms with Gasteiger partial charge in [0.15, 0.2) is 0 Å². The van der Waals surface area contributed by atoms with Gasteiger partial charge in [0, 0.05) is 24.3 Å². The highest BCUT2D eigenvalue weighted by Gasteiger charge is 2.12. The quantitative estimate of drug-likeness (QED) is 0.921. The lowest BCUT2D eigenvalue weighted by atomic mass is 10.0. The van der Waals surface area contributed by atoms with Gasteiger partial charge < -0.3 is 9.88 Å². The fourth-order valence-electron chi connectivity index (χ4n) is 1.99. The van der Waals surface area contributed by atoms with Crippen molar-refractivity contribution in [2.75, 3.05) is 6.54 Å². The van der Waals surface area contributed by atoms with Crippen LogP contribution in [0.5, 0.6) is 0 Å². The van der Waals surface area contributed by atoms with Gasteiger partial charge in [0.25, 0.3) is 5.91 Å². The van der Waals surface area contributed by atoms with Crippen molar-refractivity contribution >= 4 is 21.8 Å². The van der Waals surface area contributed by atoms with Gasteiger partial charge >= 0.3 is 0 Å². The zero-order chi connectivity index (χ0) is 13.8. The number of hydrogen-bond donors (Lipinski definition) is 1. The molecular formula is C15H17BrN2O. The topological polar surface area (TPSA) is 34.0 Å². The molecule has 2 rings (SSSR count). The molecule has 2 aromatic rings. The van der Waals surface area contributed by atoms with Crippen molar-refractivity contribution in [1.82, 2.24) is 9.88 Å². The molecule has 1 aromatic heterocycles. The van der Waals surface area contributed by atoms with Crippen LogP contribution in [0.1, 0.15) is 28.9 Å². The van der Waals surface area contributed by atoms with E-state index in [9.17, 15) is 4.79 Å². The van der Waals surface area contributed by atoms with E-state index in [0.29, 0.717) is 18.2 Å². The summed E-state index contributed by atoms with van der Waals surface area (Å²) in [7, 11) is 1.86. The number of amides is 1. The molecule has 0 aliphatic rings. The smallest absolute Gasteiger partial charge is 0.267 e. The van der Waals surface area contributed by atoms with E-state index in [-0.39, 0.29) is 5.91 Å². The first-order chi connectivity index (χ1) is 9.08. The highest BCUT2D eigenvalue weighted by molar-refractivity contribution is 9.10. The van der Waals surface area contributed by atoms with Crippen LogP contribution >= 0.6 is 15.9 Å². The second-order valence-electron chi connectivity index (χ2n) is 4.68. The summed E-state index contributed by atoms with van der Waals surface area (Å²) in [6.45, 7) is 2.74. The van der Waals surface area contributed by atoms with E-state index in [2.05, 4.69) is 40.3 Å². The van der Waals surface area contributed by atoms with Gasteiger partial charge in [-0.25, -0.2) is 0 Å². The Bertz CT molecular complexity index is 563. The first-order valence-corrected chi connectivity index (χ1v) is 7.02. The lowest BCUT2D eigenvalue weighted by Crippen LogP contribution is -2.28. The third-order valence-corrected chi connectivity index (χ3v) is 3.58. The lowest BCUT2D eigenvalue weighted by molar-refractivity contribution is 0.0943. The van der Waals surface area contributed by atoms with E-state index in [1.54, 1.807) is 0 Å². The molecule has 0 aliphatic carbocycles. The molecule has 0 saturated carbocycles. The molecule has 19 heavy (non-hydrogen) atoms. The van der Waals surface area contributed by atoms with Gasteiger partial charge in [0.1, 0.15) is 5.69 Å². The number of aromatic nitrogens is 1. The Balaban J connectivity index is 1.96. The summed E-state index contributed by atoms with van der Waals surface area (Å²) in [6.07, 6.45) is 1.87. The third-order valence-electron chi connectivity index (χ3n) is 3.14. The van der Waals surface area contributed by atoms with Crippen LogP contribution in [-0.4, -0.2) is 17.0 Å². The van der Waals surface area contributed by atoms with Crippen molar-refractivity contribution in [2.45, 2.75) is 12.8 Å². The zero-order valence-electron chi connectivity index (χ0n) is 11.1. The van der Waals surface area contributed by atoms with Crippen LogP contribution in [0.15, 0.2) is 47.1 Å². The van der Waals surface area contributed by atoms with Crippen LogP contribution < -0.4 is 5.32 Å². The van der Waals surface area contributed by atoms with Crippen molar-refractivity contribution in [2.24, 2.45) is 7.05 Å². The summed E-state index contributed by atoms with van der Waals surface area (Å²) in [4.78, 5) is 12.1. The predicted octanol–water partition coefficient (Wildman–Crippen LogP) is 3.32. The van der Waals surface area contributed by atoms with E-state index >= 15 is 0 Å². The van der Waals surface area contributed by atoms with E-state index in [4.69, 9.17) is 0 Å². The summed E-state index contributed by atoms with van der Waals surface area (Å²) in [6, 6.07) is 12.0. The highest BCUT2D eigenvalue weighted by Crippen LogP contribution is 2.15. The standard InChI is InChI=1S/C15H17BrN2O/c1-11(12-6-4-3-5-7-12)9-17-15(19)14-8-13(16)10-18(14)2/h3-8,10-11H,9H2,1-2H3,(H,17,19). The molecule has 1 N–H and O–H groups in total. The van der Waals surface area contributed by atoms with Crippen molar-refractivity contribution in [3.63, 3.8) is 0 Å². The monoisotopic (exact) mass is 320 g/mol. The maximum Gasteiger partial charge on any atom is 0.267 e. The van der Waals surface area contributed by atoms with E-state index in [1.165, 1.54) is 5.56 Å². The minimum Gasteiger partial charge on any atom is -0.350 e. The largest absolute Gasteiger partial charge is 0.350 e. The minimum absolute atomic E-state index is 0.0454. The Kier molecular flexibility index (Phi) is 4.43. The molecule has 0 fully saturated rings. The molecule has 3 nitrogen and oxygen atoms in total. The normalized spacial score (nSPS) is 12.2. The SMILES string of the molecule is CC(CNC(=O)c1cc(Br)cn1C)c1ccccc1. The maximum atomic E-state index is 12.1.